The Hall–Kier alpha value is -6.19. The van der Waals surface area contributed by atoms with Gasteiger partial charge in [0.25, 0.3) is 0 Å². The summed E-state index contributed by atoms with van der Waals surface area (Å²) in [5, 5.41) is 0. The molecule has 0 amide bonds. The van der Waals surface area contributed by atoms with Gasteiger partial charge < -0.3 is 28.4 Å². The number of imidazole rings is 2. The van der Waals surface area contributed by atoms with Crippen molar-refractivity contribution in [1.29, 1.82) is 0 Å². The third kappa shape index (κ3) is 9.91. The van der Waals surface area contributed by atoms with Crippen LogP contribution >= 0.6 is 0 Å². The van der Waals surface area contributed by atoms with Crippen LogP contribution in [0.4, 0.5) is 11.6 Å². The van der Waals surface area contributed by atoms with Gasteiger partial charge in [-0.1, -0.05) is 6.07 Å². The van der Waals surface area contributed by atoms with E-state index in [1.54, 1.807) is 43.5 Å². The molecule has 0 aliphatic carbocycles. The van der Waals surface area contributed by atoms with E-state index in [1.807, 2.05) is 71.6 Å². The summed E-state index contributed by atoms with van der Waals surface area (Å²) in [4.78, 5) is 60.0. The smallest absolute Gasteiger partial charge is 0.158 e. The van der Waals surface area contributed by atoms with Crippen LogP contribution in [0.15, 0.2) is 92.2 Å². The molecule has 6 aromatic rings. The molecule has 2 fully saturated rings. The maximum atomic E-state index is 12.7. The first-order valence-corrected chi connectivity index (χ1v) is 18.7. The number of morpholine rings is 2. The first-order valence-electron chi connectivity index (χ1n) is 18.7. The molecule has 15 nitrogen and oxygen atoms in total. The van der Waals surface area contributed by atoms with E-state index in [4.69, 9.17) is 14.5 Å². The molecule has 0 spiro atoms. The van der Waals surface area contributed by atoms with E-state index in [-0.39, 0.29) is 18.0 Å². The predicted molar refractivity (Wildman–Crippen MR) is 210 cm³/mol. The molecule has 0 N–H and O–H groups in total. The average Bonchev–Trinajstić information content (AvgIpc) is 3.83. The zero-order valence-electron chi connectivity index (χ0n) is 31.7. The molecule has 8 heterocycles. The van der Waals surface area contributed by atoms with Crippen molar-refractivity contribution in [2.24, 2.45) is 0 Å². The fourth-order valence-corrected chi connectivity index (χ4v) is 6.59. The Morgan fingerprint density at radius 2 is 1.30 bits per heavy atom. The van der Waals surface area contributed by atoms with Gasteiger partial charge in [-0.2, -0.15) is 0 Å². The number of rotatable bonds is 12. The van der Waals surface area contributed by atoms with Crippen LogP contribution in [-0.4, -0.2) is 108 Å². The summed E-state index contributed by atoms with van der Waals surface area (Å²) in [5.74, 6) is 2.89. The second-order valence-corrected chi connectivity index (χ2v) is 13.6. The fourth-order valence-electron chi connectivity index (χ4n) is 6.59. The Morgan fingerprint density at radius 3 is 1.91 bits per heavy atom. The summed E-state index contributed by atoms with van der Waals surface area (Å²) in [6, 6.07) is 13.4. The molecule has 2 aliphatic rings. The van der Waals surface area contributed by atoms with Gasteiger partial charge >= 0.3 is 0 Å². The number of ether oxygens (including phenoxy) is 2. The summed E-state index contributed by atoms with van der Waals surface area (Å²) >= 11 is 0. The van der Waals surface area contributed by atoms with Crippen molar-refractivity contribution < 1.29 is 19.1 Å². The van der Waals surface area contributed by atoms with Crippen LogP contribution in [0.25, 0.3) is 22.5 Å². The zero-order valence-corrected chi connectivity index (χ0v) is 31.7. The molecule has 6 aromatic heterocycles. The van der Waals surface area contributed by atoms with Crippen molar-refractivity contribution in [2.75, 3.05) is 62.4 Å². The lowest BCUT2D eigenvalue weighted by Gasteiger charge is -2.27. The quantitative estimate of drug-likeness (QED) is 0.177. The van der Waals surface area contributed by atoms with Gasteiger partial charge in [0.15, 0.2) is 11.6 Å². The fraction of sp³-hybridized carbons (Fsp3) is 0.341. The Kier molecular flexibility index (Phi) is 12.5. The highest BCUT2D eigenvalue weighted by Gasteiger charge is 2.21. The van der Waals surface area contributed by atoms with Crippen LogP contribution in [0.2, 0.25) is 0 Å². The van der Waals surface area contributed by atoms with E-state index >= 15 is 0 Å². The number of pyridine rings is 3. The Balaban J connectivity index is 0.000000172. The topological polar surface area (TPSA) is 159 Å². The monoisotopic (exact) mass is 755 g/mol. The Bertz CT molecular complexity index is 2180. The highest BCUT2D eigenvalue weighted by atomic mass is 16.5. The molecule has 2 saturated heterocycles. The number of aryl methyl sites for hydroxylation is 1. The molecular formula is C41H45N11O4. The molecule has 0 atom stereocenters. The number of aromatic nitrogens is 9. The molecule has 0 radical (unpaired) electrons. The molecule has 15 heteroatoms. The summed E-state index contributed by atoms with van der Waals surface area (Å²) in [5.41, 5.74) is 5.97. The van der Waals surface area contributed by atoms with E-state index in [9.17, 15) is 9.59 Å². The molecule has 0 unspecified atom stereocenters. The van der Waals surface area contributed by atoms with Gasteiger partial charge in [-0.05, 0) is 50.2 Å². The molecule has 0 aromatic carbocycles. The molecular weight excluding hydrogens is 711 g/mol. The molecule has 0 saturated carbocycles. The summed E-state index contributed by atoms with van der Waals surface area (Å²) in [7, 11) is 0. The average molecular weight is 756 g/mol. The number of hydrogen-bond acceptors (Lipinski definition) is 13. The first kappa shape index (κ1) is 38.1. The number of ketones is 2. The minimum absolute atomic E-state index is 0.0963. The molecule has 56 heavy (non-hydrogen) atoms. The Morgan fingerprint density at radius 1 is 0.661 bits per heavy atom. The van der Waals surface area contributed by atoms with Crippen molar-refractivity contribution in [3.8, 4) is 22.5 Å². The van der Waals surface area contributed by atoms with E-state index < -0.39 is 0 Å². The van der Waals surface area contributed by atoms with Crippen LogP contribution in [-0.2, 0) is 45.0 Å². The number of carbonyl (C=O) groups excluding carboxylic acids is 2. The van der Waals surface area contributed by atoms with E-state index in [0.717, 1.165) is 83.2 Å². The standard InChI is InChI=1S/C21H24N6O2.C20H21N5O2/c1-15-21(26-7-9-29-10-8-26)25-16(2)27(15)14-19(28)11-18-4-3-17(12-24-18)20-13-22-5-6-23-20;26-18(13-24-14-20(23-15-24)25-7-9-27-10-8-25)11-17-5-4-16(12-22-17)19-3-1-2-6-21-19/h3-6,12-13H,7-11,14H2,1-2H3;1-6,12,14-15H,7-11,13H2. The minimum atomic E-state index is 0.0963. The molecule has 0 bridgehead atoms. The lowest BCUT2D eigenvalue weighted by Crippen LogP contribution is -2.36. The van der Waals surface area contributed by atoms with Gasteiger partial charge in [0.1, 0.15) is 17.5 Å². The largest absolute Gasteiger partial charge is 0.378 e. The van der Waals surface area contributed by atoms with Crippen molar-refractivity contribution in [3.05, 3.63) is 115 Å². The lowest BCUT2D eigenvalue weighted by atomic mass is 10.1. The number of Topliss-reactive ketones (excluding diaryl/α,β-unsaturated/α-hetero) is 2. The van der Waals surface area contributed by atoms with Gasteiger partial charge in [-0.15, -0.1) is 0 Å². The van der Waals surface area contributed by atoms with Gasteiger partial charge in [0.05, 0.1) is 82.0 Å². The zero-order chi connectivity index (χ0) is 38.7. The van der Waals surface area contributed by atoms with Gasteiger partial charge in [-0.3, -0.25) is 34.5 Å². The van der Waals surface area contributed by atoms with Crippen molar-refractivity contribution >= 4 is 23.2 Å². The van der Waals surface area contributed by atoms with Crippen LogP contribution in [0.3, 0.4) is 0 Å². The summed E-state index contributed by atoms with van der Waals surface area (Å²) in [6.07, 6.45) is 14.4. The maximum Gasteiger partial charge on any atom is 0.158 e. The number of nitrogens with zero attached hydrogens (tertiary/aromatic N) is 11. The maximum absolute atomic E-state index is 12.7. The SMILES string of the molecule is Cc1nc(N2CCOCC2)c(C)n1CC(=O)Cc1ccc(-c2cnccn2)cn1.O=C(Cc1ccc(-c2ccccn2)cn1)Cn1cnc(N2CCOCC2)c1. The van der Waals surface area contributed by atoms with Crippen LogP contribution in [0, 0.1) is 13.8 Å². The number of carbonyl (C=O) groups is 2. The van der Waals surface area contributed by atoms with E-state index in [1.165, 1.54) is 0 Å². The summed E-state index contributed by atoms with van der Waals surface area (Å²) < 4.78 is 14.6. The van der Waals surface area contributed by atoms with Crippen molar-refractivity contribution in [1.82, 2.24) is 44.0 Å². The highest BCUT2D eigenvalue weighted by Crippen LogP contribution is 2.22. The first-order chi connectivity index (χ1) is 27.4. The van der Waals surface area contributed by atoms with E-state index in [0.29, 0.717) is 45.9 Å². The number of hydrogen-bond donors (Lipinski definition) is 0. The van der Waals surface area contributed by atoms with Crippen LogP contribution in [0.1, 0.15) is 22.9 Å². The van der Waals surface area contributed by atoms with Crippen molar-refractivity contribution in [3.63, 3.8) is 0 Å². The summed E-state index contributed by atoms with van der Waals surface area (Å²) in [6.45, 7) is 10.7. The van der Waals surface area contributed by atoms with Gasteiger partial charge in [0, 0.05) is 85.9 Å². The third-order valence-corrected chi connectivity index (χ3v) is 9.57. The predicted octanol–water partition coefficient (Wildman–Crippen LogP) is 3.99. The van der Waals surface area contributed by atoms with E-state index in [2.05, 4.69) is 39.7 Å². The number of anilines is 2. The molecule has 2 aliphatic heterocycles. The van der Waals surface area contributed by atoms with Crippen molar-refractivity contribution in [2.45, 2.75) is 39.8 Å². The van der Waals surface area contributed by atoms with Crippen LogP contribution in [0.5, 0.6) is 0 Å². The van der Waals surface area contributed by atoms with Gasteiger partial charge in [0.2, 0.25) is 0 Å². The molecule has 288 valence electrons. The van der Waals surface area contributed by atoms with Gasteiger partial charge in [-0.25, -0.2) is 9.97 Å². The minimum Gasteiger partial charge on any atom is -0.378 e. The lowest BCUT2D eigenvalue weighted by molar-refractivity contribution is -0.119. The normalized spacial score (nSPS) is 14.2. The second-order valence-electron chi connectivity index (χ2n) is 13.6. The third-order valence-electron chi connectivity index (χ3n) is 9.57. The Labute approximate surface area is 325 Å². The second kappa shape index (κ2) is 18.4. The molecule has 8 rings (SSSR count). The highest BCUT2D eigenvalue weighted by molar-refractivity contribution is 5.81. The van der Waals surface area contributed by atoms with Crippen LogP contribution < -0.4 is 9.80 Å².